The number of hydrogen-bond donors (Lipinski definition) is 2. The van der Waals surface area contributed by atoms with Crippen LogP contribution in [0.3, 0.4) is 0 Å². The van der Waals surface area contributed by atoms with Gasteiger partial charge in [-0.15, -0.1) is 0 Å². The minimum absolute atomic E-state index is 0.00947. The Morgan fingerprint density at radius 2 is 2.10 bits per heavy atom. The highest BCUT2D eigenvalue weighted by Gasteiger charge is 2.24. The van der Waals surface area contributed by atoms with E-state index in [9.17, 15) is 9.90 Å². The monoisotopic (exact) mass is 402 g/mol. The fourth-order valence-electron chi connectivity index (χ4n) is 2.68. The number of nitrogens with zero attached hydrogens (tertiary/aromatic N) is 1. The minimum Gasteiger partial charge on any atom is -0.507 e. The van der Waals surface area contributed by atoms with Crippen LogP contribution in [0.25, 0.3) is 0 Å². The van der Waals surface area contributed by atoms with Gasteiger partial charge in [0.25, 0.3) is 5.91 Å². The number of nitrogens with one attached hydrogen (secondary N) is 1. The van der Waals surface area contributed by atoms with E-state index in [1.165, 1.54) is 0 Å². The van der Waals surface area contributed by atoms with Crippen LogP contribution in [-0.2, 0) is 0 Å². The van der Waals surface area contributed by atoms with Crippen LogP contribution in [0, 0.1) is 9.49 Å². The Labute approximate surface area is 140 Å². The normalized spacial score (nSPS) is 16.2. The van der Waals surface area contributed by atoms with Crippen molar-refractivity contribution in [2.75, 3.05) is 19.6 Å². The molecule has 0 radical (unpaired) electrons. The van der Waals surface area contributed by atoms with Crippen LogP contribution in [0.1, 0.15) is 37.0 Å². The number of carbonyl (C=O) groups is 1. The van der Waals surface area contributed by atoms with E-state index in [1.807, 2.05) is 18.7 Å². The molecule has 5 heteroatoms. The lowest BCUT2D eigenvalue weighted by atomic mass is 9.96. The molecule has 4 nitrogen and oxygen atoms in total. The van der Waals surface area contributed by atoms with Gasteiger partial charge in [-0.2, -0.15) is 0 Å². The molecule has 0 unspecified atom stereocenters. The van der Waals surface area contributed by atoms with Crippen LogP contribution in [0.2, 0.25) is 0 Å². The second-order valence-electron chi connectivity index (χ2n) is 5.91. The predicted molar refractivity (Wildman–Crippen MR) is 92.6 cm³/mol. The molecule has 2 rings (SSSR count). The van der Waals surface area contributed by atoms with Crippen LogP contribution < -0.4 is 5.32 Å². The molecule has 1 amide bonds. The molecule has 0 atom stereocenters. The standard InChI is InChI=1S/C16H23IN2O2/c1-11(2)19(10-12-5-7-18-8-6-12)16(21)13-3-4-14(17)15(20)9-13/h3-4,9,11-12,18,20H,5-8,10H2,1-2H3. The number of phenolic OH excluding ortho intramolecular Hbond substituents is 1. The zero-order chi connectivity index (χ0) is 15.4. The van der Waals surface area contributed by atoms with Crippen molar-refractivity contribution >= 4 is 28.5 Å². The van der Waals surface area contributed by atoms with Crippen LogP contribution in [0.5, 0.6) is 5.75 Å². The third kappa shape index (κ3) is 4.32. The average molecular weight is 402 g/mol. The van der Waals surface area contributed by atoms with E-state index >= 15 is 0 Å². The number of benzene rings is 1. The molecule has 0 aromatic heterocycles. The van der Waals surface area contributed by atoms with E-state index in [4.69, 9.17) is 0 Å². The van der Waals surface area contributed by atoms with Crippen LogP contribution >= 0.6 is 22.6 Å². The highest BCUT2D eigenvalue weighted by atomic mass is 127. The van der Waals surface area contributed by atoms with E-state index in [2.05, 4.69) is 27.9 Å². The maximum Gasteiger partial charge on any atom is 0.254 e. The van der Waals surface area contributed by atoms with Gasteiger partial charge in [0.05, 0.1) is 3.57 Å². The minimum atomic E-state index is 0.00947. The molecule has 1 saturated heterocycles. The van der Waals surface area contributed by atoms with E-state index in [0.717, 1.165) is 36.0 Å². The first-order valence-electron chi connectivity index (χ1n) is 7.49. The molecule has 0 aliphatic carbocycles. The smallest absolute Gasteiger partial charge is 0.254 e. The van der Waals surface area contributed by atoms with Gasteiger partial charge in [-0.25, -0.2) is 0 Å². The summed E-state index contributed by atoms with van der Waals surface area (Å²) in [6.07, 6.45) is 2.24. The summed E-state index contributed by atoms with van der Waals surface area (Å²) in [6, 6.07) is 5.31. The van der Waals surface area contributed by atoms with Crippen molar-refractivity contribution in [3.63, 3.8) is 0 Å². The van der Waals surface area contributed by atoms with Crippen molar-refractivity contribution in [2.24, 2.45) is 5.92 Å². The first-order chi connectivity index (χ1) is 9.99. The number of amides is 1. The van der Waals surface area contributed by atoms with Gasteiger partial charge in [-0.1, -0.05) is 0 Å². The zero-order valence-electron chi connectivity index (χ0n) is 12.6. The van der Waals surface area contributed by atoms with Gasteiger partial charge in [-0.05, 0) is 86.5 Å². The topological polar surface area (TPSA) is 52.6 Å². The Kier molecular flexibility index (Phi) is 5.87. The van der Waals surface area contributed by atoms with Gasteiger partial charge in [0.15, 0.2) is 0 Å². The van der Waals surface area contributed by atoms with E-state index in [0.29, 0.717) is 11.5 Å². The number of hydrogen-bond acceptors (Lipinski definition) is 3. The molecule has 21 heavy (non-hydrogen) atoms. The molecule has 1 aromatic carbocycles. The first-order valence-corrected chi connectivity index (χ1v) is 8.57. The Morgan fingerprint density at radius 3 is 2.67 bits per heavy atom. The Balaban J connectivity index is 2.12. The summed E-state index contributed by atoms with van der Waals surface area (Å²) >= 11 is 2.06. The number of aromatic hydroxyl groups is 1. The molecular formula is C16H23IN2O2. The van der Waals surface area contributed by atoms with Crippen molar-refractivity contribution in [1.29, 1.82) is 0 Å². The lowest BCUT2D eigenvalue weighted by Crippen LogP contribution is -2.43. The molecule has 0 spiro atoms. The molecule has 1 aliphatic rings. The Bertz CT molecular complexity index is 499. The lowest BCUT2D eigenvalue weighted by Gasteiger charge is -2.33. The van der Waals surface area contributed by atoms with E-state index in [1.54, 1.807) is 18.2 Å². The van der Waals surface area contributed by atoms with Crippen molar-refractivity contribution in [3.8, 4) is 5.75 Å². The first kappa shape index (κ1) is 16.5. The van der Waals surface area contributed by atoms with Crippen LogP contribution in [-0.4, -0.2) is 41.6 Å². The van der Waals surface area contributed by atoms with Gasteiger partial charge in [0.1, 0.15) is 5.75 Å². The van der Waals surface area contributed by atoms with Gasteiger partial charge >= 0.3 is 0 Å². The van der Waals surface area contributed by atoms with Gasteiger partial charge in [0, 0.05) is 18.2 Å². The van der Waals surface area contributed by atoms with Gasteiger partial charge in [0.2, 0.25) is 0 Å². The maximum absolute atomic E-state index is 12.7. The molecule has 2 N–H and O–H groups in total. The number of rotatable bonds is 4. The average Bonchev–Trinajstić information content (AvgIpc) is 2.47. The lowest BCUT2D eigenvalue weighted by molar-refractivity contribution is 0.0657. The predicted octanol–water partition coefficient (Wildman–Crippen LogP) is 2.85. The Morgan fingerprint density at radius 1 is 1.43 bits per heavy atom. The van der Waals surface area contributed by atoms with Crippen molar-refractivity contribution < 1.29 is 9.90 Å². The van der Waals surface area contributed by atoms with Crippen LogP contribution in [0.15, 0.2) is 18.2 Å². The van der Waals surface area contributed by atoms with E-state index in [-0.39, 0.29) is 17.7 Å². The molecule has 1 heterocycles. The van der Waals surface area contributed by atoms with Crippen LogP contribution in [0.4, 0.5) is 0 Å². The van der Waals surface area contributed by atoms with E-state index < -0.39 is 0 Å². The number of halogens is 1. The van der Waals surface area contributed by atoms with Gasteiger partial charge < -0.3 is 15.3 Å². The molecule has 1 fully saturated rings. The largest absolute Gasteiger partial charge is 0.507 e. The van der Waals surface area contributed by atoms with Gasteiger partial charge in [-0.3, -0.25) is 4.79 Å². The highest BCUT2D eigenvalue weighted by molar-refractivity contribution is 14.1. The zero-order valence-corrected chi connectivity index (χ0v) is 14.8. The van der Waals surface area contributed by atoms with Crippen molar-refractivity contribution in [2.45, 2.75) is 32.7 Å². The molecule has 116 valence electrons. The molecule has 0 bridgehead atoms. The third-order valence-corrected chi connectivity index (χ3v) is 4.90. The summed E-state index contributed by atoms with van der Waals surface area (Å²) in [5, 5.41) is 13.2. The number of phenols is 1. The molecule has 1 aliphatic heterocycles. The molecule has 0 saturated carbocycles. The number of carbonyl (C=O) groups excluding carboxylic acids is 1. The highest BCUT2D eigenvalue weighted by Crippen LogP contribution is 2.23. The second-order valence-corrected chi connectivity index (χ2v) is 7.07. The molecule has 1 aromatic rings. The number of piperidine rings is 1. The summed E-state index contributed by atoms with van der Waals surface area (Å²) in [4.78, 5) is 14.6. The third-order valence-electron chi connectivity index (χ3n) is 3.99. The summed E-state index contributed by atoms with van der Waals surface area (Å²) in [5.41, 5.74) is 0.565. The Hall–Kier alpha value is -0.820. The quantitative estimate of drug-likeness (QED) is 0.762. The summed E-state index contributed by atoms with van der Waals surface area (Å²) in [6.45, 7) is 6.96. The van der Waals surface area contributed by atoms with Crippen molar-refractivity contribution in [1.82, 2.24) is 10.2 Å². The van der Waals surface area contributed by atoms with Crippen molar-refractivity contribution in [3.05, 3.63) is 27.3 Å². The summed E-state index contributed by atoms with van der Waals surface area (Å²) in [5.74, 6) is 0.748. The summed E-state index contributed by atoms with van der Waals surface area (Å²) < 4.78 is 0.763. The fraction of sp³-hybridized carbons (Fsp3) is 0.562. The second kappa shape index (κ2) is 7.45. The molecular weight excluding hydrogens is 379 g/mol. The SMILES string of the molecule is CC(C)N(CC1CCNCC1)C(=O)c1ccc(I)c(O)c1. The summed E-state index contributed by atoms with van der Waals surface area (Å²) in [7, 11) is 0. The maximum atomic E-state index is 12.7. The fourth-order valence-corrected chi connectivity index (χ4v) is 3.02.